The van der Waals surface area contributed by atoms with E-state index >= 15 is 0 Å². The first-order chi connectivity index (χ1) is 11.7. The number of fused-ring (bicyclic) bond motifs is 2. The van der Waals surface area contributed by atoms with Gasteiger partial charge in [-0.1, -0.05) is 0 Å². The van der Waals surface area contributed by atoms with Crippen LogP contribution in [0.3, 0.4) is 0 Å². The molecular formula is C17H22N4O3. The van der Waals surface area contributed by atoms with Gasteiger partial charge in [-0.15, -0.1) is 0 Å². The highest BCUT2D eigenvalue weighted by molar-refractivity contribution is 5.82. The Morgan fingerprint density at radius 1 is 1.42 bits per heavy atom. The van der Waals surface area contributed by atoms with Gasteiger partial charge in [-0.05, 0) is 31.9 Å². The fraction of sp³-hybridized carbons (Fsp3) is 0.529. The highest BCUT2D eigenvalue weighted by atomic mass is 16.5. The minimum absolute atomic E-state index is 0.0184. The van der Waals surface area contributed by atoms with Gasteiger partial charge >= 0.3 is 0 Å². The van der Waals surface area contributed by atoms with Crippen molar-refractivity contribution in [1.82, 2.24) is 20.6 Å². The van der Waals surface area contributed by atoms with E-state index in [1.807, 2.05) is 19.1 Å². The van der Waals surface area contributed by atoms with Gasteiger partial charge in [0.25, 0.3) is 0 Å². The molecule has 4 rings (SSSR count). The number of imidazole rings is 1. The highest BCUT2D eigenvalue weighted by Crippen LogP contribution is 2.36. The smallest absolute Gasteiger partial charge is 0.237 e. The maximum absolute atomic E-state index is 12.7. The Balaban J connectivity index is 1.49. The maximum Gasteiger partial charge on any atom is 0.237 e. The van der Waals surface area contributed by atoms with Crippen molar-refractivity contribution < 1.29 is 13.9 Å². The van der Waals surface area contributed by atoms with Crippen LogP contribution in [0.25, 0.3) is 0 Å². The number of nitrogens with one attached hydrogen (secondary N) is 3. The number of aryl methyl sites for hydroxylation is 1. The van der Waals surface area contributed by atoms with E-state index in [4.69, 9.17) is 9.15 Å². The predicted octanol–water partition coefficient (Wildman–Crippen LogP) is 1.15. The Labute approximate surface area is 140 Å². The molecule has 7 nitrogen and oxygen atoms in total. The van der Waals surface area contributed by atoms with E-state index in [-0.39, 0.29) is 17.5 Å². The topological polar surface area (TPSA) is 92.2 Å². The molecule has 1 amide bonds. The number of carbonyl (C=O) groups is 1. The number of ether oxygens (including phenoxy) is 1. The van der Waals surface area contributed by atoms with Crippen molar-refractivity contribution in [3.05, 3.63) is 41.4 Å². The number of carbonyl (C=O) groups excluding carboxylic acids is 1. The van der Waals surface area contributed by atoms with E-state index in [1.54, 1.807) is 6.33 Å². The first kappa shape index (κ1) is 15.4. The van der Waals surface area contributed by atoms with Crippen molar-refractivity contribution in [3.8, 4) is 0 Å². The molecule has 128 valence electrons. The van der Waals surface area contributed by atoms with Gasteiger partial charge in [-0.25, -0.2) is 4.98 Å². The van der Waals surface area contributed by atoms with Crippen LogP contribution in [-0.2, 0) is 28.0 Å². The molecule has 0 unspecified atom stereocenters. The van der Waals surface area contributed by atoms with Crippen LogP contribution in [0.4, 0.5) is 0 Å². The lowest BCUT2D eigenvalue weighted by Crippen LogP contribution is -2.59. The molecule has 24 heavy (non-hydrogen) atoms. The number of H-pyrrole nitrogens is 1. The minimum Gasteiger partial charge on any atom is -0.465 e. The third kappa shape index (κ3) is 2.74. The van der Waals surface area contributed by atoms with Gasteiger partial charge in [-0.2, -0.15) is 0 Å². The van der Waals surface area contributed by atoms with Crippen LogP contribution in [0.2, 0.25) is 0 Å². The Morgan fingerprint density at radius 3 is 3.00 bits per heavy atom. The third-order valence-electron chi connectivity index (χ3n) is 4.93. The SMILES string of the molecule is Cc1ccc(CNC(=O)[C@@H]2Cc3[nH]cnc3C3(CCOCC3)N2)o1. The number of hydrogen-bond acceptors (Lipinski definition) is 5. The lowest BCUT2D eigenvalue weighted by molar-refractivity contribution is -0.124. The summed E-state index contributed by atoms with van der Waals surface area (Å²) < 4.78 is 11.0. The first-order valence-corrected chi connectivity index (χ1v) is 8.37. The summed E-state index contributed by atoms with van der Waals surface area (Å²) in [6.07, 6.45) is 3.98. The molecule has 3 N–H and O–H groups in total. The molecule has 4 heterocycles. The number of hydrogen-bond donors (Lipinski definition) is 3. The summed E-state index contributed by atoms with van der Waals surface area (Å²) in [5, 5.41) is 6.51. The molecule has 1 spiro atoms. The summed E-state index contributed by atoms with van der Waals surface area (Å²) in [5.41, 5.74) is 1.82. The molecule has 2 aliphatic rings. The molecule has 0 aliphatic carbocycles. The molecule has 0 saturated carbocycles. The normalized spacial score (nSPS) is 22.3. The van der Waals surface area contributed by atoms with Crippen molar-refractivity contribution in [1.29, 1.82) is 0 Å². The molecule has 0 radical (unpaired) electrons. The van der Waals surface area contributed by atoms with Gasteiger partial charge < -0.3 is 19.5 Å². The molecule has 0 bridgehead atoms. The first-order valence-electron chi connectivity index (χ1n) is 8.37. The minimum atomic E-state index is -0.285. The zero-order chi connectivity index (χ0) is 16.6. The van der Waals surface area contributed by atoms with E-state index in [1.165, 1.54) is 0 Å². The van der Waals surface area contributed by atoms with E-state index < -0.39 is 0 Å². The summed E-state index contributed by atoms with van der Waals surface area (Å²) in [4.78, 5) is 20.4. The molecule has 2 aromatic heterocycles. The summed E-state index contributed by atoms with van der Waals surface area (Å²) in [6, 6.07) is 3.50. The van der Waals surface area contributed by atoms with Crippen molar-refractivity contribution >= 4 is 5.91 Å². The highest BCUT2D eigenvalue weighted by Gasteiger charge is 2.44. The fourth-order valence-electron chi connectivity index (χ4n) is 3.68. The zero-order valence-electron chi connectivity index (χ0n) is 13.7. The monoisotopic (exact) mass is 330 g/mol. The summed E-state index contributed by atoms with van der Waals surface area (Å²) in [5.74, 6) is 1.59. The van der Waals surface area contributed by atoms with E-state index in [0.29, 0.717) is 26.2 Å². The Bertz CT molecular complexity index is 730. The summed E-state index contributed by atoms with van der Waals surface area (Å²) >= 11 is 0. The number of rotatable bonds is 3. The van der Waals surface area contributed by atoms with Gasteiger partial charge in [0.15, 0.2) is 0 Å². The van der Waals surface area contributed by atoms with Crippen LogP contribution in [0.1, 0.15) is 35.7 Å². The van der Waals surface area contributed by atoms with Gasteiger partial charge in [0, 0.05) is 25.3 Å². The zero-order valence-corrected chi connectivity index (χ0v) is 13.7. The second-order valence-electron chi connectivity index (χ2n) is 6.56. The Morgan fingerprint density at radius 2 is 2.25 bits per heavy atom. The third-order valence-corrected chi connectivity index (χ3v) is 4.93. The molecular weight excluding hydrogens is 308 g/mol. The average molecular weight is 330 g/mol. The van der Waals surface area contributed by atoms with Crippen LogP contribution in [0.15, 0.2) is 22.9 Å². The number of amides is 1. The second-order valence-corrected chi connectivity index (χ2v) is 6.56. The quantitative estimate of drug-likeness (QED) is 0.785. The van der Waals surface area contributed by atoms with Crippen molar-refractivity contribution in [3.63, 3.8) is 0 Å². The van der Waals surface area contributed by atoms with Crippen LogP contribution in [0, 0.1) is 6.92 Å². The standard InChI is InChI=1S/C17H22N4O3/c1-11-2-3-12(24-11)9-18-16(22)14-8-13-15(20-10-19-13)17(21-14)4-6-23-7-5-17/h2-3,10,14,21H,4-9H2,1H3,(H,18,22)(H,19,20)/t14-/m0/s1. The number of aromatic amines is 1. The number of furan rings is 1. The largest absolute Gasteiger partial charge is 0.465 e. The molecule has 1 saturated heterocycles. The molecule has 2 aliphatic heterocycles. The van der Waals surface area contributed by atoms with Gasteiger partial charge in [0.05, 0.1) is 30.1 Å². The van der Waals surface area contributed by atoms with Crippen molar-refractivity contribution in [2.75, 3.05) is 13.2 Å². The summed E-state index contributed by atoms with van der Waals surface area (Å²) in [6.45, 7) is 3.65. The second kappa shape index (κ2) is 6.07. The Hall–Kier alpha value is -2.12. The maximum atomic E-state index is 12.7. The van der Waals surface area contributed by atoms with Crippen LogP contribution < -0.4 is 10.6 Å². The van der Waals surface area contributed by atoms with Crippen LogP contribution in [-0.4, -0.2) is 35.1 Å². The van der Waals surface area contributed by atoms with E-state index in [2.05, 4.69) is 20.6 Å². The van der Waals surface area contributed by atoms with Crippen LogP contribution >= 0.6 is 0 Å². The van der Waals surface area contributed by atoms with Crippen LogP contribution in [0.5, 0.6) is 0 Å². The van der Waals surface area contributed by atoms with E-state index in [0.717, 1.165) is 35.7 Å². The molecule has 1 fully saturated rings. The number of nitrogens with zero attached hydrogens (tertiary/aromatic N) is 1. The van der Waals surface area contributed by atoms with Crippen molar-refractivity contribution in [2.24, 2.45) is 0 Å². The molecule has 1 atom stereocenters. The Kier molecular flexibility index (Phi) is 3.90. The average Bonchev–Trinajstić information content (AvgIpc) is 3.22. The fourth-order valence-corrected chi connectivity index (χ4v) is 3.68. The van der Waals surface area contributed by atoms with Gasteiger partial charge in [0.2, 0.25) is 5.91 Å². The molecule has 2 aromatic rings. The van der Waals surface area contributed by atoms with E-state index in [9.17, 15) is 4.79 Å². The molecule has 0 aromatic carbocycles. The van der Waals surface area contributed by atoms with Gasteiger partial charge in [-0.3, -0.25) is 10.1 Å². The van der Waals surface area contributed by atoms with Crippen molar-refractivity contribution in [2.45, 2.75) is 44.3 Å². The predicted molar refractivity (Wildman–Crippen MR) is 86.2 cm³/mol. The number of aromatic nitrogens is 2. The lowest BCUT2D eigenvalue weighted by atomic mass is 9.80. The van der Waals surface area contributed by atoms with Gasteiger partial charge in [0.1, 0.15) is 11.5 Å². The molecule has 7 heteroatoms. The lowest BCUT2D eigenvalue weighted by Gasteiger charge is -2.43. The summed E-state index contributed by atoms with van der Waals surface area (Å²) in [7, 11) is 0.